The lowest BCUT2D eigenvalue weighted by Crippen LogP contribution is -2.35. The van der Waals surface area contributed by atoms with Crippen molar-refractivity contribution >= 4 is 5.91 Å². The molecule has 0 aliphatic heterocycles. The van der Waals surface area contributed by atoms with E-state index in [0.717, 1.165) is 10.6 Å². The molecular formula is C12H18N2O4. The van der Waals surface area contributed by atoms with Gasteiger partial charge < -0.3 is 14.2 Å². The summed E-state index contributed by atoms with van der Waals surface area (Å²) in [5.41, 5.74) is 0.810. The minimum absolute atomic E-state index is 0.0760. The zero-order chi connectivity index (χ0) is 13.5. The summed E-state index contributed by atoms with van der Waals surface area (Å²) in [5.74, 6) is 6.37. The summed E-state index contributed by atoms with van der Waals surface area (Å²) < 4.78 is 15.6. The molecule has 1 aromatic carbocycles. The Morgan fingerprint density at radius 2 is 2.06 bits per heavy atom. The van der Waals surface area contributed by atoms with Gasteiger partial charge in [0.1, 0.15) is 18.1 Å². The van der Waals surface area contributed by atoms with E-state index in [0.29, 0.717) is 11.5 Å². The largest absolute Gasteiger partial charge is 0.497 e. The van der Waals surface area contributed by atoms with E-state index >= 15 is 0 Å². The van der Waals surface area contributed by atoms with Crippen LogP contribution >= 0.6 is 0 Å². The molecule has 0 aromatic heterocycles. The van der Waals surface area contributed by atoms with Crippen LogP contribution in [0.25, 0.3) is 0 Å². The van der Waals surface area contributed by atoms with Gasteiger partial charge in [0.25, 0.3) is 5.91 Å². The number of nitrogens with zero attached hydrogens (tertiary/aromatic N) is 1. The summed E-state index contributed by atoms with van der Waals surface area (Å²) >= 11 is 0. The van der Waals surface area contributed by atoms with Gasteiger partial charge in [-0.05, 0) is 18.2 Å². The van der Waals surface area contributed by atoms with Crippen LogP contribution in [0.3, 0.4) is 0 Å². The maximum absolute atomic E-state index is 11.2. The summed E-state index contributed by atoms with van der Waals surface area (Å²) in [6.07, 6.45) is 0. The van der Waals surface area contributed by atoms with E-state index in [9.17, 15) is 4.79 Å². The van der Waals surface area contributed by atoms with E-state index < -0.39 is 0 Å². The zero-order valence-corrected chi connectivity index (χ0v) is 10.8. The van der Waals surface area contributed by atoms with Crippen molar-refractivity contribution in [1.29, 1.82) is 0 Å². The van der Waals surface area contributed by atoms with Crippen LogP contribution in [-0.2, 0) is 16.1 Å². The van der Waals surface area contributed by atoms with Crippen molar-refractivity contribution in [2.45, 2.75) is 6.61 Å². The molecule has 6 heteroatoms. The first-order chi connectivity index (χ1) is 8.58. The van der Waals surface area contributed by atoms with Gasteiger partial charge in [-0.2, -0.15) is 0 Å². The summed E-state index contributed by atoms with van der Waals surface area (Å²) in [4.78, 5) is 11.2. The second-order valence-corrected chi connectivity index (χ2v) is 3.68. The van der Waals surface area contributed by atoms with Gasteiger partial charge in [-0.1, -0.05) is 0 Å². The molecule has 2 N–H and O–H groups in total. The van der Waals surface area contributed by atoms with Crippen molar-refractivity contribution in [3.8, 4) is 11.5 Å². The molecule has 0 heterocycles. The average Bonchev–Trinajstić information content (AvgIpc) is 2.38. The van der Waals surface area contributed by atoms with E-state index in [-0.39, 0.29) is 19.1 Å². The molecule has 0 aliphatic rings. The van der Waals surface area contributed by atoms with Crippen LogP contribution in [0.5, 0.6) is 11.5 Å². The smallest absolute Gasteiger partial charge is 0.262 e. The number of likely N-dealkylation sites (N-methyl/N-ethyl adjacent to an activating group) is 1. The van der Waals surface area contributed by atoms with Crippen LogP contribution in [0.1, 0.15) is 5.56 Å². The molecule has 0 unspecified atom stereocenters. The molecule has 0 fully saturated rings. The number of carbonyl (C=O) groups is 1. The van der Waals surface area contributed by atoms with Crippen molar-refractivity contribution in [2.24, 2.45) is 5.84 Å². The fourth-order valence-corrected chi connectivity index (χ4v) is 1.34. The minimum atomic E-state index is -0.295. The Bertz CT molecular complexity index is 407. The standard InChI is InChI=1S/C12H18N2O4/c1-14(13)12(15)8-18-7-9-6-10(16-2)4-5-11(9)17-3/h4-6H,7-8,13H2,1-3H3. The Balaban J connectivity index is 2.62. The van der Waals surface area contributed by atoms with Crippen molar-refractivity contribution in [3.63, 3.8) is 0 Å². The highest BCUT2D eigenvalue weighted by Gasteiger charge is 2.08. The normalized spacial score (nSPS) is 10.0. The lowest BCUT2D eigenvalue weighted by molar-refractivity contribution is -0.135. The van der Waals surface area contributed by atoms with E-state index in [2.05, 4.69) is 0 Å². The number of hydrazine groups is 1. The van der Waals surface area contributed by atoms with Crippen molar-refractivity contribution in [3.05, 3.63) is 23.8 Å². The molecule has 1 aromatic rings. The van der Waals surface area contributed by atoms with Gasteiger partial charge in [-0.3, -0.25) is 9.80 Å². The average molecular weight is 254 g/mol. The molecule has 18 heavy (non-hydrogen) atoms. The Morgan fingerprint density at radius 3 is 2.61 bits per heavy atom. The van der Waals surface area contributed by atoms with Crippen LogP contribution in [0.15, 0.2) is 18.2 Å². The highest BCUT2D eigenvalue weighted by atomic mass is 16.5. The molecular weight excluding hydrogens is 236 g/mol. The third kappa shape index (κ3) is 3.90. The summed E-state index contributed by atoms with van der Waals surface area (Å²) in [7, 11) is 4.63. The number of methoxy groups -OCH3 is 2. The number of hydrogen-bond acceptors (Lipinski definition) is 5. The number of ether oxygens (including phenoxy) is 3. The maximum Gasteiger partial charge on any atom is 0.262 e. The molecule has 1 rings (SSSR count). The Labute approximate surface area is 106 Å². The second-order valence-electron chi connectivity index (χ2n) is 3.68. The fraction of sp³-hybridized carbons (Fsp3) is 0.417. The SMILES string of the molecule is COc1ccc(OC)c(COCC(=O)N(C)N)c1. The Kier molecular flexibility index (Phi) is 5.41. The molecule has 0 saturated carbocycles. The van der Waals surface area contributed by atoms with Crippen LogP contribution in [0.4, 0.5) is 0 Å². The highest BCUT2D eigenvalue weighted by molar-refractivity contribution is 5.76. The van der Waals surface area contributed by atoms with Crippen LogP contribution in [-0.4, -0.2) is 38.8 Å². The third-order valence-corrected chi connectivity index (χ3v) is 2.36. The number of hydrogen-bond donors (Lipinski definition) is 1. The third-order valence-electron chi connectivity index (χ3n) is 2.36. The molecule has 0 aliphatic carbocycles. The van der Waals surface area contributed by atoms with Crippen LogP contribution in [0, 0.1) is 0 Å². The van der Waals surface area contributed by atoms with E-state index in [1.54, 1.807) is 32.4 Å². The Morgan fingerprint density at radius 1 is 1.33 bits per heavy atom. The molecule has 0 saturated heterocycles. The monoisotopic (exact) mass is 254 g/mol. The molecule has 0 radical (unpaired) electrons. The van der Waals surface area contributed by atoms with Gasteiger partial charge in [0, 0.05) is 12.6 Å². The van der Waals surface area contributed by atoms with Crippen LogP contribution in [0.2, 0.25) is 0 Å². The van der Waals surface area contributed by atoms with Crippen molar-refractivity contribution in [1.82, 2.24) is 5.01 Å². The lowest BCUT2D eigenvalue weighted by Gasteiger charge is -2.12. The van der Waals surface area contributed by atoms with E-state index in [4.69, 9.17) is 20.1 Å². The summed E-state index contributed by atoms with van der Waals surface area (Å²) in [5, 5.41) is 0.989. The number of amides is 1. The van der Waals surface area contributed by atoms with Gasteiger partial charge in [-0.15, -0.1) is 0 Å². The van der Waals surface area contributed by atoms with Crippen molar-refractivity contribution < 1.29 is 19.0 Å². The second kappa shape index (κ2) is 6.83. The number of carbonyl (C=O) groups excluding carboxylic acids is 1. The van der Waals surface area contributed by atoms with E-state index in [1.165, 1.54) is 7.05 Å². The maximum atomic E-state index is 11.2. The number of nitrogens with two attached hydrogens (primary N) is 1. The first kappa shape index (κ1) is 14.3. The minimum Gasteiger partial charge on any atom is -0.497 e. The summed E-state index contributed by atoms with van der Waals surface area (Å²) in [6, 6.07) is 5.38. The van der Waals surface area contributed by atoms with Gasteiger partial charge in [0.2, 0.25) is 0 Å². The molecule has 6 nitrogen and oxygen atoms in total. The lowest BCUT2D eigenvalue weighted by atomic mass is 10.2. The first-order valence-corrected chi connectivity index (χ1v) is 5.38. The first-order valence-electron chi connectivity index (χ1n) is 5.38. The van der Waals surface area contributed by atoms with Crippen LogP contribution < -0.4 is 15.3 Å². The fourth-order valence-electron chi connectivity index (χ4n) is 1.34. The predicted molar refractivity (Wildman–Crippen MR) is 66.2 cm³/mol. The summed E-state index contributed by atoms with van der Waals surface area (Å²) in [6.45, 7) is 0.174. The predicted octanol–water partition coefficient (Wildman–Crippen LogP) is 0.553. The van der Waals surface area contributed by atoms with Crippen molar-refractivity contribution in [2.75, 3.05) is 27.9 Å². The van der Waals surface area contributed by atoms with E-state index in [1.807, 2.05) is 0 Å². The molecule has 1 amide bonds. The molecule has 0 bridgehead atoms. The van der Waals surface area contributed by atoms with Gasteiger partial charge in [0.15, 0.2) is 0 Å². The molecule has 0 atom stereocenters. The zero-order valence-electron chi connectivity index (χ0n) is 10.8. The quantitative estimate of drug-likeness (QED) is 0.456. The number of rotatable bonds is 6. The molecule has 100 valence electrons. The highest BCUT2D eigenvalue weighted by Crippen LogP contribution is 2.24. The van der Waals surface area contributed by atoms with Gasteiger partial charge in [0.05, 0.1) is 20.8 Å². The molecule has 0 spiro atoms. The van der Waals surface area contributed by atoms with Gasteiger partial charge in [-0.25, -0.2) is 5.84 Å². The van der Waals surface area contributed by atoms with Gasteiger partial charge >= 0.3 is 0 Å². The topological polar surface area (TPSA) is 74.0 Å². The Hall–Kier alpha value is -1.79. The number of benzene rings is 1.